The fourth-order valence-corrected chi connectivity index (χ4v) is 6.37. The molecule has 5 N–H and O–H groups in total. The Labute approximate surface area is 230 Å². The second-order valence-electron chi connectivity index (χ2n) is 13.4. The summed E-state index contributed by atoms with van der Waals surface area (Å²) in [6.45, 7) is 7.16. The van der Waals surface area contributed by atoms with Crippen molar-refractivity contribution in [3.8, 4) is 0 Å². The van der Waals surface area contributed by atoms with Crippen LogP contribution in [-0.4, -0.2) is 77.6 Å². The van der Waals surface area contributed by atoms with Crippen LogP contribution >= 0.6 is 0 Å². The van der Waals surface area contributed by atoms with Gasteiger partial charge >= 0.3 is 12.3 Å². The number of likely N-dealkylation sites (tertiary alicyclic amines) is 1. The number of nitrogens with one attached hydrogen (secondary N) is 3. The first kappa shape index (κ1) is 29.9. The van der Waals surface area contributed by atoms with Crippen molar-refractivity contribution in [3.05, 3.63) is 0 Å². The summed E-state index contributed by atoms with van der Waals surface area (Å²) < 4.78 is 41.8. The van der Waals surface area contributed by atoms with Crippen molar-refractivity contribution >= 4 is 29.7 Å². The molecule has 0 aromatic rings. The lowest BCUT2D eigenvalue weighted by molar-refractivity contribution is -0.160. The molecule has 2 aliphatic heterocycles. The van der Waals surface area contributed by atoms with E-state index in [0.717, 1.165) is 12.8 Å². The van der Waals surface area contributed by atoms with E-state index in [1.807, 2.05) is 13.8 Å². The van der Waals surface area contributed by atoms with E-state index in [0.29, 0.717) is 6.42 Å². The molecule has 0 radical (unpaired) electrons. The zero-order valence-electron chi connectivity index (χ0n) is 23.3. The van der Waals surface area contributed by atoms with Crippen molar-refractivity contribution in [2.75, 3.05) is 13.2 Å². The van der Waals surface area contributed by atoms with Crippen LogP contribution in [0, 0.1) is 28.6 Å². The quantitative estimate of drug-likeness (QED) is 0.341. The Balaban J connectivity index is 1.49. The molecule has 2 saturated carbocycles. The molecule has 11 nitrogen and oxygen atoms in total. The molecule has 1 spiro atoms. The zero-order chi connectivity index (χ0) is 30.0. The Kier molecular flexibility index (Phi) is 7.32. The maximum atomic E-state index is 13.7. The number of nitrogens with zero attached hydrogens (tertiary/aromatic N) is 1. The van der Waals surface area contributed by atoms with Gasteiger partial charge in [0.15, 0.2) is 6.61 Å². The van der Waals surface area contributed by atoms with E-state index in [1.54, 1.807) is 20.8 Å². The fraction of sp³-hybridized carbons (Fsp3) is 0.808. The number of carbonyl (C=O) groups excluding carboxylic acids is 5. The molecule has 6 atom stereocenters. The molecule has 4 fully saturated rings. The molecule has 0 bridgehead atoms. The van der Waals surface area contributed by atoms with E-state index in [4.69, 9.17) is 5.73 Å². The third-order valence-electron chi connectivity index (χ3n) is 8.93. The first-order valence-electron chi connectivity index (χ1n) is 13.5. The summed E-state index contributed by atoms with van der Waals surface area (Å²) in [7, 11) is 0. The molecule has 0 unspecified atom stereocenters. The van der Waals surface area contributed by atoms with Crippen LogP contribution in [0.4, 0.5) is 18.0 Å². The van der Waals surface area contributed by atoms with Gasteiger partial charge in [-0.1, -0.05) is 34.6 Å². The number of fused-ring (bicyclic) bond motifs is 1. The molecule has 224 valence electrons. The number of hydrogen-bond donors (Lipinski definition) is 4. The van der Waals surface area contributed by atoms with Gasteiger partial charge in [-0.15, -0.1) is 0 Å². The van der Waals surface area contributed by atoms with Gasteiger partial charge < -0.3 is 31.3 Å². The number of nitrogens with two attached hydrogens (primary N) is 1. The first-order valence-corrected chi connectivity index (χ1v) is 13.5. The van der Waals surface area contributed by atoms with Crippen molar-refractivity contribution in [1.82, 2.24) is 20.9 Å². The van der Waals surface area contributed by atoms with Gasteiger partial charge in [0.1, 0.15) is 18.1 Å². The molecule has 2 saturated heterocycles. The maximum Gasteiger partial charge on any atom is 0.422 e. The van der Waals surface area contributed by atoms with Crippen LogP contribution in [-0.2, 0) is 23.9 Å². The Hall–Kier alpha value is -3.06. The van der Waals surface area contributed by atoms with Crippen LogP contribution in [0.1, 0.15) is 60.3 Å². The summed E-state index contributed by atoms with van der Waals surface area (Å²) in [6, 6.07) is -3.43. The lowest BCUT2D eigenvalue weighted by atomic mass is 9.85. The lowest BCUT2D eigenvalue weighted by Gasteiger charge is -2.37. The summed E-state index contributed by atoms with van der Waals surface area (Å²) in [5.41, 5.74) is 4.16. The third kappa shape index (κ3) is 5.99. The molecule has 2 heterocycles. The number of alkyl carbamates (subject to hydrolysis) is 1. The lowest BCUT2D eigenvalue weighted by Crippen LogP contribution is -2.60. The highest BCUT2D eigenvalue weighted by Crippen LogP contribution is 2.65. The normalized spacial score (nSPS) is 29.2. The van der Waals surface area contributed by atoms with Crippen LogP contribution < -0.4 is 21.7 Å². The maximum absolute atomic E-state index is 13.7. The molecule has 2 aliphatic carbocycles. The molecule has 5 amide bonds. The van der Waals surface area contributed by atoms with Gasteiger partial charge in [0.05, 0.1) is 0 Å². The van der Waals surface area contributed by atoms with Gasteiger partial charge in [0.25, 0.3) is 0 Å². The summed E-state index contributed by atoms with van der Waals surface area (Å²) in [5, 5.41) is 7.85. The number of piperidine rings is 1. The van der Waals surface area contributed by atoms with E-state index in [1.165, 1.54) is 4.90 Å². The third-order valence-corrected chi connectivity index (χ3v) is 8.93. The Morgan fingerprint density at radius 3 is 2.27 bits per heavy atom. The van der Waals surface area contributed by atoms with E-state index in [2.05, 4.69) is 20.7 Å². The van der Waals surface area contributed by atoms with Crippen LogP contribution in [0.25, 0.3) is 0 Å². The summed E-state index contributed by atoms with van der Waals surface area (Å²) in [5.74, 6) is -3.01. The number of carbonyl (C=O) groups is 5. The fourth-order valence-electron chi connectivity index (χ4n) is 6.37. The minimum Gasteiger partial charge on any atom is -0.440 e. The minimum absolute atomic E-state index is 0.0318. The molecule has 4 rings (SSSR count). The molecule has 14 heteroatoms. The molecule has 0 aromatic carbocycles. The molecule has 0 aromatic heterocycles. The monoisotopic (exact) mass is 573 g/mol. The van der Waals surface area contributed by atoms with Crippen LogP contribution in [0.3, 0.4) is 0 Å². The van der Waals surface area contributed by atoms with Gasteiger partial charge in [0.2, 0.25) is 23.6 Å². The van der Waals surface area contributed by atoms with Crippen LogP contribution in [0.5, 0.6) is 0 Å². The number of alkyl halides is 3. The van der Waals surface area contributed by atoms with E-state index >= 15 is 0 Å². The van der Waals surface area contributed by atoms with E-state index in [-0.39, 0.29) is 41.7 Å². The Morgan fingerprint density at radius 1 is 1.15 bits per heavy atom. The summed E-state index contributed by atoms with van der Waals surface area (Å²) >= 11 is 0. The predicted molar refractivity (Wildman–Crippen MR) is 134 cm³/mol. The van der Waals surface area contributed by atoms with Crippen molar-refractivity contribution in [3.63, 3.8) is 0 Å². The van der Waals surface area contributed by atoms with Crippen molar-refractivity contribution < 1.29 is 41.9 Å². The zero-order valence-corrected chi connectivity index (χ0v) is 23.3. The number of hydrogen-bond acceptors (Lipinski definition) is 6. The highest BCUT2D eigenvalue weighted by Gasteiger charge is 2.70. The van der Waals surface area contributed by atoms with Gasteiger partial charge in [-0.2, -0.15) is 13.2 Å². The van der Waals surface area contributed by atoms with Crippen LogP contribution in [0.2, 0.25) is 0 Å². The van der Waals surface area contributed by atoms with Gasteiger partial charge in [-0.25, -0.2) is 4.79 Å². The Bertz CT molecular complexity index is 1100. The molecular formula is C26H38F3N5O6. The highest BCUT2D eigenvalue weighted by atomic mass is 19.4. The topological polar surface area (TPSA) is 160 Å². The molecule has 40 heavy (non-hydrogen) atoms. The SMILES string of the molecule is CC(C)(C)[C@H](NC(=O)OCC(F)(F)F)C(=O)N1C[C@H]2[C@@H]([C@H]1C(=O)N[C@@H](C[C@@H]1CC3(CC3)NC1=O)C(N)=O)C2(C)C. The van der Waals surface area contributed by atoms with Gasteiger partial charge in [-0.3, -0.25) is 19.2 Å². The highest BCUT2D eigenvalue weighted by molar-refractivity contribution is 5.95. The van der Waals surface area contributed by atoms with E-state index < -0.39 is 66.1 Å². The van der Waals surface area contributed by atoms with Gasteiger partial charge in [-0.05, 0) is 48.3 Å². The number of rotatable bonds is 8. The smallest absolute Gasteiger partial charge is 0.422 e. The Morgan fingerprint density at radius 2 is 1.77 bits per heavy atom. The second kappa shape index (κ2) is 9.79. The summed E-state index contributed by atoms with van der Waals surface area (Å²) in [6.07, 6.45) is -3.82. The average molecular weight is 574 g/mol. The van der Waals surface area contributed by atoms with E-state index in [9.17, 15) is 37.1 Å². The standard InChI is InChI=1S/C26H38F3N5O6/c1-23(2,3)17(32-22(39)40-11-26(27,28)29)21(38)34-10-13-15(24(13,4)5)16(34)20(37)31-14(18(30)35)8-12-9-25(6-7-25)33-19(12)36/h12-17H,6-11H2,1-5H3,(H2,30,35)(H,31,37)(H,32,39)(H,33,36)/t12-,13+,14+,15+,16+,17-/m1/s1. The molecule has 4 aliphatic rings. The minimum atomic E-state index is -4.74. The van der Waals surface area contributed by atoms with Gasteiger partial charge in [0, 0.05) is 18.0 Å². The number of ether oxygens (including phenoxy) is 1. The largest absolute Gasteiger partial charge is 0.440 e. The first-order chi connectivity index (χ1) is 18.3. The van der Waals surface area contributed by atoms with Crippen molar-refractivity contribution in [1.29, 1.82) is 0 Å². The van der Waals surface area contributed by atoms with Crippen molar-refractivity contribution in [2.45, 2.75) is 90.1 Å². The second-order valence-corrected chi connectivity index (χ2v) is 13.4. The number of amides is 5. The summed E-state index contributed by atoms with van der Waals surface area (Å²) in [4.78, 5) is 65.6. The average Bonchev–Trinajstić information content (AvgIpc) is 3.53. The van der Waals surface area contributed by atoms with Crippen molar-refractivity contribution in [2.24, 2.45) is 34.3 Å². The predicted octanol–water partition coefficient (Wildman–Crippen LogP) is 1.20. The molecular weight excluding hydrogens is 535 g/mol. The number of halogens is 3. The van der Waals surface area contributed by atoms with Crippen LogP contribution in [0.15, 0.2) is 0 Å². The number of primary amides is 1.